The van der Waals surface area contributed by atoms with Crippen LogP contribution in [0.15, 0.2) is 42.5 Å². The van der Waals surface area contributed by atoms with Crippen LogP contribution in [0.1, 0.15) is 15.2 Å². The Hall–Kier alpha value is -2.04. The fraction of sp³-hybridized carbons (Fsp3) is 0.0625. The van der Waals surface area contributed by atoms with Gasteiger partial charge in [-0.05, 0) is 42.8 Å². The molecule has 0 saturated carbocycles. The van der Waals surface area contributed by atoms with Crippen LogP contribution in [-0.2, 0) is 0 Å². The SMILES string of the molecule is Cc1cccc(NC(=O)c2sc3ccc(Cl)cc3c2N)c1. The Kier molecular flexibility index (Phi) is 3.57. The van der Waals surface area contributed by atoms with Crippen LogP contribution in [0.4, 0.5) is 11.4 Å². The van der Waals surface area contributed by atoms with Gasteiger partial charge in [0.1, 0.15) is 4.88 Å². The molecule has 0 bridgehead atoms. The summed E-state index contributed by atoms with van der Waals surface area (Å²) in [6.45, 7) is 1.98. The van der Waals surface area contributed by atoms with Gasteiger partial charge in [0, 0.05) is 20.8 Å². The maximum absolute atomic E-state index is 12.4. The van der Waals surface area contributed by atoms with Crippen LogP contribution >= 0.6 is 22.9 Å². The Labute approximate surface area is 131 Å². The number of rotatable bonds is 2. The van der Waals surface area contributed by atoms with Crippen LogP contribution < -0.4 is 11.1 Å². The summed E-state index contributed by atoms with van der Waals surface area (Å²) >= 11 is 7.34. The molecule has 106 valence electrons. The van der Waals surface area contributed by atoms with E-state index in [0.29, 0.717) is 15.6 Å². The van der Waals surface area contributed by atoms with Crippen molar-refractivity contribution >= 4 is 50.3 Å². The normalized spacial score (nSPS) is 10.8. The fourth-order valence-corrected chi connectivity index (χ4v) is 3.34. The van der Waals surface area contributed by atoms with Crippen LogP contribution in [0.5, 0.6) is 0 Å². The Balaban J connectivity index is 1.96. The predicted molar refractivity (Wildman–Crippen MR) is 90.4 cm³/mol. The van der Waals surface area contributed by atoms with E-state index in [1.165, 1.54) is 11.3 Å². The van der Waals surface area contributed by atoms with Crippen LogP contribution in [0.25, 0.3) is 10.1 Å². The molecule has 0 aliphatic rings. The third-order valence-electron chi connectivity index (χ3n) is 3.17. The van der Waals surface area contributed by atoms with E-state index in [-0.39, 0.29) is 5.91 Å². The molecular weight excluding hydrogens is 304 g/mol. The molecule has 2 aromatic carbocycles. The summed E-state index contributed by atoms with van der Waals surface area (Å²) in [6.07, 6.45) is 0. The van der Waals surface area contributed by atoms with Gasteiger partial charge in [-0.15, -0.1) is 11.3 Å². The molecule has 3 aromatic rings. The lowest BCUT2D eigenvalue weighted by atomic mass is 10.2. The van der Waals surface area contributed by atoms with Crippen molar-refractivity contribution in [2.45, 2.75) is 6.92 Å². The molecule has 0 unspecified atom stereocenters. The third kappa shape index (κ3) is 2.73. The van der Waals surface area contributed by atoms with Gasteiger partial charge >= 0.3 is 0 Å². The molecule has 0 fully saturated rings. The second-order valence-electron chi connectivity index (χ2n) is 4.81. The van der Waals surface area contributed by atoms with Crippen molar-refractivity contribution in [3.05, 3.63) is 57.9 Å². The zero-order valence-electron chi connectivity index (χ0n) is 11.3. The number of hydrogen-bond acceptors (Lipinski definition) is 3. The van der Waals surface area contributed by atoms with Gasteiger partial charge < -0.3 is 11.1 Å². The molecule has 0 atom stereocenters. The molecule has 3 N–H and O–H groups in total. The molecule has 0 spiro atoms. The van der Waals surface area contributed by atoms with E-state index in [4.69, 9.17) is 17.3 Å². The highest BCUT2D eigenvalue weighted by Gasteiger charge is 2.16. The highest BCUT2D eigenvalue weighted by molar-refractivity contribution is 7.21. The number of halogens is 1. The van der Waals surface area contributed by atoms with E-state index in [0.717, 1.165) is 21.3 Å². The number of carbonyl (C=O) groups excluding carboxylic acids is 1. The molecule has 3 rings (SSSR count). The highest BCUT2D eigenvalue weighted by Crippen LogP contribution is 2.35. The Bertz CT molecular complexity index is 841. The molecule has 0 aliphatic heterocycles. The average Bonchev–Trinajstić information content (AvgIpc) is 2.76. The average molecular weight is 317 g/mol. The van der Waals surface area contributed by atoms with Gasteiger partial charge in [-0.2, -0.15) is 0 Å². The lowest BCUT2D eigenvalue weighted by Crippen LogP contribution is -2.11. The largest absolute Gasteiger partial charge is 0.397 e. The number of fused-ring (bicyclic) bond motifs is 1. The first-order valence-corrected chi connectivity index (χ1v) is 7.59. The maximum Gasteiger partial charge on any atom is 0.267 e. The number of thiophene rings is 1. The molecule has 21 heavy (non-hydrogen) atoms. The summed E-state index contributed by atoms with van der Waals surface area (Å²) in [5.74, 6) is -0.199. The number of anilines is 2. The zero-order valence-corrected chi connectivity index (χ0v) is 12.9. The number of nitrogens with one attached hydrogen (secondary N) is 1. The first-order chi connectivity index (χ1) is 10.0. The van der Waals surface area contributed by atoms with Crippen LogP contribution in [0.3, 0.4) is 0 Å². The van der Waals surface area contributed by atoms with Gasteiger partial charge in [0.25, 0.3) is 5.91 Å². The molecule has 1 amide bonds. The van der Waals surface area contributed by atoms with Crippen molar-refractivity contribution in [1.82, 2.24) is 0 Å². The quantitative estimate of drug-likeness (QED) is 0.720. The topological polar surface area (TPSA) is 55.1 Å². The smallest absolute Gasteiger partial charge is 0.267 e. The van der Waals surface area contributed by atoms with E-state index in [9.17, 15) is 4.79 Å². The Morgan fingerprint density at radius 1 is 1.24 bits per heavy atom. The van der Waals surface area contributed by atoms with Gasteiger partial charge in [-0.1, -0.05) is 23.7 Å². The second-order valence-corrected chi connectivity index (χ2v) is 6.30. The standard InChI is InChI=1S/C16H13ClN2OS/c1-9-3-2-4-11(7-9)19-16(20)15-14(18)12-8-10(17)5-6-13(12)21-15/h2-8H,18H2,1H3,(H,19,20). The molecule has 0 aliphatic carbocycles. The zero-order chi connectivity index (χ0) is 15.0. The number of amides is 1. The predicted octanol–water partition coefficient (Wildman–Crippen LogP) is 4.70. The molecule has 1 heterocycles. The Morgan fingerprint density at radius 3 is 2.81 bits per heavy atom. The minimum atomic E-state index is -0.199. The highest BCUT2D eigenvalue weighted by atomic mass is 35.5. The van der Waals surface area contributed by atoms with E-state index in [1.54, 1.807) is 12.1 Å². The van der Waals surface area contributed by atoms with Crippen molar-refractivity contribution in [2.24, 2.45) is 0 Å². The number of aryl methyl sites for hydroxylation is 1. The number of benzene rings is 2. The number of hydrogen-bond donors (Lipinski definition) is 2. The van der Waals surface area contributed by atoms with Gasteiger partial charge in [0.05, 0.1) is 5.69 Å². The minimum Gasteiger partial charge on any atom is -0.397 e. The third-order valence-corrected chi connectivity index (χ3v) is 4.59. The summed E-state index contributed by atoms with van der Waals surface area (Å²) in [7, 11) is 0. The van der Waals surface area contributed by atoms with Gasteiger partial charge in [-0.3, -0.25) is 4.79 Å². The number of nitrogen functional groups attached to an aromatic ring is 1. The van der Waals surface area contributed by atoms with Gasteiger partial charge in [-0.25, -0.2) is 0 Å². The molecular formula is C16H13ClN2OS. The maximum atomic E-state index is 12.4. The lowest BCUT2D eigenvalue weighted by molar-refractivity contribution is 0.103. The number of nitrogens with two attached hydrogens (primary N) is 1. The van der Waals surface area contributed by atoms with Crippen molar-refractivity contribution < 1.29 is 4.79 Å². The minimum absolute atomic E-state index is 0.199. The summed E-state index contributed by atoms with van der Waals surface area (Å²) in [4.78, 5) is 12.9. The lowest BCUT2D eigenvalue weighted by Gasteiger charge is -2.05. The van der Waals surface area contributed by atoms with Crippen molar-refractivity contribution in [3.63, 3.8) is 0 Å². The molecule has 5 heteroatoms. The van der Waals surface area contributed by atoms with E-state index in [2.05, 4.69) is 5.32 Å². The molecule has 3 nitrogen and oxygen atoms in total. The Morgan fingerprint density at radius 2 is 2.05 bits per heavy atom. The fourth-order valence-electron chi connectivity index (χ4n) is 2.17. The molecule has 0 saturated heterocycles. The van der Waals surface area contributed by atoms with Crippen molar-refractivity contribution in [1.29, 1.82) is 0 Å². The van der Waals surface area contributed by atoms with Crippen molar-refractivity contribution in [3.8, 4) is 0 Å². The van der Waals surface area contributed by atoms with E-state index < -0.39 is 0 Å². The van der Waals surface area contributed by atoms with E-state index in [1.807, 2.05) is 37.3 Å². The second kappa shape index (κ2) is 5.39. The monoisotopic (exact) mass is 316 g/mol. The first-order valence-electron chi connectivity index (χ1n) is 6.40. The van der Waals surface area contributed by atoms with Crippen LogP contribution in [-0.4, -0.2) is 5.91 Å². The van der Waals surface area contributed by atoms with E-state index >= 15 is 0 Å². The number of carbonyl (C=O) groups is 1. The van der Waals surface area contributed by atoms with Crippen LogP contribution in [0.2, 0.25) is 5.02 Å². The summed E-state index contributed by atoms with van der Waals surface area (Å²) in [5, 5.41) is 4.30. The summed E-state index contributed by atoms with van der Waals surface area (Å²) in [6, 6.07) is 13.1. The summed E-state index contributed by atoms with van der Waals surface area (Å²) < 4.78 is 0.950. The molecule has 0 radical (unpaired) electrons. The van der Waals surface area contributed by atoms with Crippen molar-refractivity contribution in [2.75, 3.05) is 11.1 Å². The van der Waals surface area contributed by atoms with Crippen LogP contribution in [0, 0.1) is 6.92 Å². The van der Waals surface area contributed by atoms with Gasteiger partial charge in [0.2, 0.25) is 0 Å². The summed E-state index contributed by atoms with van der Waals surface area (Å²) in [5.41, 5.74) is 8.40. The molecule has 1 aromatic heterocycles. The first kappa shape index (κ1) is 13.9. The van der Waals surface area contributed by atoms with Gasteiger partial charge in [0.15, 0.2) is 0 Å².